The lowest BCUT2D eigenvalue weighted by Crippen LogP contribution is -2.35. The van der Waals surface area contributed by atoms with E-state index >= 15 is 0 Å². The van der Waals surface area contributed by atoms with Crippen LogP contribution in [-0.4, -0.2) is 0 Å². The summed E-state index contributed by atoms with van der Waals surface area (Å²) >= 11 is 0. The van der Waals surface area contributed by atoms with Crippen molar-refractivity contribution in [2.24, 2.45) is 0 Å². The maximum absolute atomic E-state index is 2.71. The molecule has 9 aromatic rings. The van der Waals surface area contributed by atoms with Crippen LogP contribution in [0.2, 0.25) is 0 Å². The molecule has 0 radical (unpaired) electrons. The normalized spacial score (nSPS) is 19.3. The van der Waals surface area contributed by atoms with Gasteiger partial charge in [0.2, 0.25) is 0 Å². The molecule has 0 aromatic heterocycles. The average Bonchev–Trinajstić information content (AvgIpc) is 3.90. The summed E-state index contributed by atoms with van der Waals surface area (Å²) in [7, 11) is 0. The van der Waals surface area contributed by atoms with Crippen molar-refractivity contribution in [1.82, 2.24) is 0 Å². The monoisotopic (exact) mass is 861 g/mol. The second-order valence-electron chi connectivity index (χ2n) is 22.6. The molecule has 14 rings (SSSR count). The summed E-state index contributed by atoms with van der Waals surface area (Å²) in [6.45, 7) is 22.0. The van der Waals surface area contributed by atoms with Crippen LogP contribution in [0.15, 0.2) is 170 Å². The number of rotatable bonds is 2. The number of hydrogen-bond acceptors (Lipinski definition) is 1. The highest BCUT2D eigenvalue weighted by Gasteiger charge is 2.49. The second-order valence-corrected chi connectivity index (χ2v) is 22.6. The Balaban J connectivity index is 1.11. The fourth-order valence-electron chi connectivity index (χ4n) is 14.2. The lowest BCUT2D eigenvalue weighted by atomic mass is 9.65. The van der Waals surface area contributed by atoms with Gasteiger partial charge in [-0.25, -0.2) is 0 Å². The third-order valence-corrected chi connectivity index (χ3v) is 17.9. The number of benzene rings is 9. The zero-order chi connectivity index (χ0) is 45.7. The van der Waals surface area contributed by atoms with E-state index in [4.69, 9.17) is 0 Å². The van der Waals surface area contributed by atoms with Gasteiger partial charge in [-0.2, -0.15) is 0 Å². The quantitative estimate of drug-likeness (QED) is 0.167. The smallest absolute Gasteiger partial charge is 0.0543 e. The highest BCUT2D eigenvalue weighted by Crippen LogP contribution is 2.64. The van der Waals surface area contributed by atoms with Gasteiger partial charge in [0.15, 0.2) is 0 Å². The summed E-state index contributed by atoms with van der Waals surface area (Å²) in [5, 5.41) is 2.59. The average molecular weight is 862 g/mol. The van der Waals surface area contributed by atoms with Crippen LogP contribution in [0.1, 0.15) is 124 Å². The topological polar surface area (TPSA) is 3.24 Å². The maximum Gasteiger partial charge on any atom is 0.0543 e. The van der Waals surface area contributed by atoms with Crippen LogP contribution in [-0.2, 0) is 27.1 Å². The van der Waals surface area contributed by atoms with Gasteiger partial charge in [0, 0.05) is 32.5 Å². The van der Waals surface area contributed by atoms with E-state index in [1.807, 2.05) is 0 Å². The first-order valence-corrected chi connectivity index (χ1v) is 24.4. The minimum Gasteiger partial charge on any atom is -0.309 e. The Morgan fingerprint density at radius 3 is 1.25 bits per heavy atom. The molecule has 0 spiro atoms. The van der Waals surface area contributed by atoms with Gasteiger partial charge >= 0.3 is 0 Å². The first kappa shape index (κ1) is 39.2. The van der Waals surface area contributed by atoms with Gasteiger partial charge in [-0.3, -0.25) is 0 Å². The third kappa shape index (κ3) is 4.66. The molecule has 0 amide bonds. The van der Waals surface area contributed by atoms with Crippen LogP contribution >= 0.6 is 0 Å². The van der Waals surface area contributed by atoms with Crippen LogP contribution in [0, 0.1) is 0 Å². The molecule has 1 heterocycles. The Morgan fingerprint density at radius 1 is 0.269 bits per heavy atom. The van der Waals surface area contributed by atoms with E-state index in [1.165, 1.54) is 134 Å². The largest absolute Gasteiger partial charge is 0.309 e. The third-order valence-electron chi connectivity index (χ3n) is 17.9. The van der Waals surface area contributed by atoms with Crippen molar-refractivity contribution < 1.29 is 0 Å². The van der Waals surface area contributed by atoms with Gasteiger partial charge in [0.25, 0.3) is 0 Å². The van der Waals surface area contributed by atoms with Crippen LogP contribution in [0.5, 0.6) is 0 Å². The van der Waals surface area contributed by atoms with E-state index in [0.29, 0.717) is 0 Å². The molecule has 1 heteroatoms. The molecule has 1 aliphatic heterocycles. The van der Waals surface area contributed by atoms with Crippen molar-refractivity contribution in [2.75, 3.05) is 4.90 Å². The summed E-state index contributed by atoms with van der Waals surface area (Å²) in [5.74, 6) is 0. The molecule has 0 fully saturated rings. The number of fused-ring (bicyclic) bond motifs is 16. The molecule has 0 saturated carbocycles. The van der Waals surface area contributed by atoms with E-state index < -0.39 is 5.41 Å². The van der Waals surface area contributed by atoms with Crippen molar-refractivity contribution in [1.29, 1.82) is 0 Å². The predicted molar refractivity (Wildman–Crippen MR) is 281 cm³/mol. The summed E-state index contributed by atoms with van der Waals surface area (Å²) in [6, 6.07) is 66.2. The van der Waals surface area contributed by atoms with Crippen molar-refractivity contribution in [3.63, 3.8) is 0 Å². The number of anilines is 3. The van der Waals surface area contributed by atoms with E-state index in [2.05, 4.69) is 237 Å². The van der Waals surface area contributed by atoms with Crippen molar-refractivity contribution in [3.05, 3.63) is 231 Å². The molecule has 0 saturated heterocycles. The maximum atomic E-state index is 2.71. The molecule has 67 heavy (non-hydrogen) atoms. The zero-order valence-electron chi connectivity index (χ0n) is 40.1. The number of hydrogen-bond donors (Lipinski definition) is 0. The van der Waals surface area contributed by atoms with Crippen LogP contribution in [0.25, 0.3) is 55.3 Å². The van der Waals surface area contributed by atoms with E-state index in [9.17, 15) is 0 Å². The molecule has 0 bridgehead atoms. The molecular formula is C66H55N. The standard InChI is InChI=1S/C66H55N/c1-62(2)48-28-18-15-23-39(48)44-31-52-47(33-51(44)62)61-43-27-14-13-26-42(43)58(37-57(61)65(52,7)8)67-59-34-46-41-25-17-20-30-50(41)63(3,4)53(46)35-56(59)66(9,38-21-11-10-12-22-38)55-32-45-40-24-16-19-29-49(40)64(5,6)54(45)36-60(55)67/h10-37H,1-9H3. The Bertz CT molecular complexity index is 3710. The van der Waals surface area contributed by atoms with Gasteiger partial charge in [0.1, 0.15) is 0 Å². The highest BCUT2D eigenvalue weighted by atomic mass is 15.2. The number of nitrogens with zero attached hydrogens (tertiary/aromatic N) is 1. The first-order valence-electron chi connectivity index (χ1n) is 24.4. The van der Waals surface area contributed by atoms with Gasteiger partial charge in [-0.1, -0.05) is 189 Å². The van der Waals surface area contributed by atoms with Crippen molar-refractivity contribution >= 4 is 27.8 Å². The summed E-state index contributed by atoms with van der Waals surface area (Å²) < 4.78 is 0. The first-order chi connectivity index (χ1) is 32.1. The fourth-order valence-corrected chi connectivity index (χ4v) is 14.2. The molecule has 9 aromatic carbocycles. The van der Waals surface area contributed by atoms with Crippen LogP contribution < -0.4 is 4.90 Å². The molecule has 324 valence electrons. The molecule has 1 nitrogen and oxygen atoms in total. The van der Waals surface area contributed by atoms with Gasteiger partial charge < -0.3 is 4.90 Å². The van der Waals surface area contributed by atoms with Crippen LogP contribution in [0.3, 0.4) is 0 Å². The minimum atomic E-state index is -0.468. The van der Waals surface area contributed by atoms with Crippen LogP contribution in [0.4, 0.5) is 17.1 Å². The lowest BCUT2D eigenvalue weighted by Gasteiger charge is -2.46. The van der Waals surface area contributed by atoms with Gasteiger partial charge in [-0.05, 0) is 154 Å². The Hall–Kier alpha value is -6.96. The molecule has 0 N–H and O–H groups in total. The summed E-state index contributed by atoms with van der Waals surface area (Å²) in [6.07, 6.45) is 0. The SMILES string of the molecule is CC1(C)c2ccccc2-c2cc3c(cc21)-c1c(cc(N2c4cc5c(cc4C(C)(c4ccccc4)c4cc6c(cc42)-c2ccccc2C6(C)C)-c2ccccc2C5(C)C)c2ccccc12)C3(C)C. The van der Waals surface area contributed by atoms with Gasteiger partial charge in [0.05, 0.1) is 17.1 Å². The summed E-state index contributed by atoms with van der Waals surface area (Å²) in [5.41, 5.74) is 28.8. The lowest BCUT2D eigenvalue weighted by molar-refractivity contribution is 0.642. The zero-order valence-corrected chi connectivity index (χ0v) is 40.1. The molecule has 1 unspecified atom stereocenters. The predicted octanol–water partition coefficient (Wildman–Crippen LogP) is 17.2. The Kier molecular flexibility index (Phi) is 7.33. The van der Waals surface area contributed by atoms with Crippen molar-refractivity contribution in [2.45, 2.75) is 89.4 Å². The Morgan fingerprint density at radius 2 is 0.657 bits per heavy atom. The fraction of sp³-hybridized carbons (Fsp3) is 0.212. The van der Waals surface area contributed by atoms with E-state index in [-0.39, 0.29) is 21.7 Å². The van der Waals surface area contributed by atoms with E-state index in [0.717, 1.165) is 0 Å². The molecule has 1 atom stereocenters. The van der Waals surface area contributed by atoms with Crippen molar-refractivity contribution in [3.8, 4) is 44.5 Å². The minimum absolute atomic E-state index is 0.0860. The molecule has 5 aliphatic rings. The Labute approximate surface area is 395 Å². The van der Waals surface area contributed by atoms with Gasteiger partial charge in [-0.15, -0.1) is 0 Å². The second kappa shape index (κ2) is 12.5. The summed E-state index contributed by atoms with van der Waals surface area (Å²) in [4.78, 5) is 2.71. The highest BCUT2D eigenvalue weighted by molar-refractivity contribution is 6.12. The molecular weight excluding hydrogens is 807 g/mol. The van der Waals surface area contributed by atoms with E-state index in [1.54, 1.807) is 0 Å². The molecule has 4 aliphatic carbocycles.